The van der Waals surface area contributed by atoms with Gasteiger partial charge in [-0.05, 0) is 29.8 Å². The molecule has 0 saturated carbocycles. The maximum Gasteiger partial charge on any atom is 0.283 e. The van der Waals surface area contributed by atoms with Gasteiger partial charge in [-0.15, -0.1) is 0 Å². The zero-order chi connectivity index (χ0) is 17.8. The van der Waals surface area contributed by atoms with Crippen molar-refractivity contribution in [3.05, 3.63) is 101 Å². The van der Waals surface area contributed by atoms with E-state index in [1.807, 2.05) is 78.9 Å². The molecule has 5 heteroatoms. The average Bonchev–Trinajstić information content (AvgIpc) is 2.69. The summed E-state index contributed by atoms with van der Waals surface area (Å²) in [6.07, 6.45) is 1.65. The largest absolute Gasteiger partial charge is 0.324 e. The minimum Gasteiger partial charge on any atom is -0.324 e. The highest BCUT2D eigenvalue weighted by atomic mass is 16.1. The molecular formula is C21H16N4O. The summed E-state index contributed by atoms with van der Waals surface area (Å²) >= 11 is 0. The molecule has 0 atom stereocenters. The molecule has 26 heavy (non-hydrogen) atoms. The fraction of sp³-hybridized carbons (Fsp3) is 0. The van der Waals surface area contributed by atoms with Crippen molar-refractivity contribution in [1.82, 2.24) is 9.66 Å². The van der Waals surface area contributed by atoms with E-state index < -0.39 is 0 Å². The molecule has 4 aromatic rings. The molecule has 0 spiro atoms. The van der Waals surface area contributed by atoms with Gasteiger partial charge in [-0.2, -0.15) is 9.78 Å². The predicted molar refractivity (Wildman–Crippen MR) is 105 cm³/mol. The van der Waals surface area contributed by atoms with Crippen molar-refractivity contribution < 1.29 is 0 Å². The molecule has 0 fully saturated rings. The van der Waals surface area contributed by atoms with Crippen molar-refractivity contribution in [3.8, 4) is 0 Å². The Labute approximate surface area is 150 Å². The Morgan fingerprint density at radius 1 is 0.846 bits per heavy atom. The molecule has 1 heterocycles. The molecule has 0 amide bonds. The lowest BCUT2D eigenvalue weighted by atomic mass is 10.2. The van der Waals surface area contributed by atoms with Crippen molar-refractivity contribution in [2.75, 3.05) is 5.32 Å². The second kappa shape index (κ2) is 7.03. The zero-order valence-electron chi connectivity index (χ0n) is 13.9. The van der Waals surface area contributed by atoms with E-state index in [-0.39, 0.29) is 5.56 Å². The summed E-state index contributed by atoms with van der Waals surface area (Å²) in [5, 5.41) is 8.08. The van der Waals surface area contributed by atoms with E-state index in [4.69, 9.17) is 0 Å². The quantitative estimate of drug-likeness (QED) is 0.571. The van der Waals surface area contributed by atoms with Gasteiger partial charge in [0, 0.05) is 5.69 Å². The lowest BCUT2D eigenvalue weighted by molar-refractivity contribution is 0.830. The molecule has 0 saturated heterocycles. The number of fused-ring (bicyclic) bond motifs is 1. The van der Waals surface area contributed by atoms with E-state index in [2.05, 4.69) is 15.4 Å². The van der Waals surface area contributed by atoms with Crippen LogP contribution in [0.25, 0.3) is 10.9 Å². The summed E-state index contributed by atoms with van der Waals surface area (Å²) in [6.45, 7) is 0. The Balaban J connectivity index is 1.85. The van der Waals surface area contributed by atoms with Gasteiger partial charge in [0.2, 0.25) is 5.95 Å². The topological polar surface area (TPSA) is 59.3 Å². The Kier molecular flexibility index (Phi) is 4.26. The first kappa shape index (κ1) is 15.8. The molecule has 126 valence electrons. The van der Waals surface area contributed by atoms with Gasteiger partial charge in [0.15, 0.2) is 0 Å². The number of benzene rings is 3. The first-order valence-corrected chi connectivity index (χ1v) is 8.24. The van der Waals surface area contributed by atoms with Crippen molar-refractivity contribution in [1.29, 1.82) is 0 Å². The van der Waals surface area contributed by atoms with Gasteiger partial charge in [0.1, 0.15) is 0 Å². The number of para-hydroxylation sites is 2. The minimum absolute atomic E-state index is 0.221. The van der Waals surface area contributed by atoms with Crippen molar-refractivity contribution >= 4 is 28.8 Å². The molecule has 0 aliphatic heterocycles. The van der Waals surface area contributed by atoms with Crippen LogP contribution in [0.3, 0.4) is 0 Å². The fourth-order valence-electron chi connectivity index (χ4n) is 2.63. The van der Waals surface area contributed by atoms with Gasteiger partial charge in [-0.3, -0.25) is 4.79 Å². The van der Waals surface area contributed by atoms with Crippen LogP contribution in [0.15, 0.2) is 94.8 Å². The van der Waals surface area contributed by atoms with Crippen LogP contribution >= 0.6 is 0 Å². The van der Waals surface area contributed by atoms with Gasteiger partial charge < -0.3 is 5.32 Å². The fourth-order valence-corrected chi connectivity index (χ4v) is 2.63. The summed E-state index contributed by atoms with van der Waals surface area (Å²) in [6, 6.07) is 26.5. The maximum atomic E-state index is 12.9. The molecule has 0 aliphatic rings. The smallest absolute Gasteiger partial charge is 0.283 e. The van der Waals surface area contributed by atoms with Crippen molar-refractivity contribution in [3.63, 3.8) is 0 Å². The van der Waals surface area contributed by atoms with E-state index in [0.717, 1.165) is 11.3 Å². The number of nitrogens with one attached hydrogen (secondary N) is 1. The Morgan fingerprint density at radius 3 is 2.27 bits per heavy atom. The van der Waals surface area contributed by atoms with Gasteiger partial charge in [-0.25, -0.2) is 4.98 Å². The lowest BCUT2D eigenvalue weighted by Crippen LogP contribution is -2.21. The molecule has 0 aliphatic carbocycles. The summed E-state index contributed by atoms with van der Waals surface area (Å²) in [7, 11) is 0. The van der Waals surface area contributed by atoms with Crippen molar-refractivity contribution in [2.45, 2.75) is 0 Å². The molecule has 5 nitrogen and oxygen atoms in total. The van der Waals surface area contributed by atoms with E-state index in [0.29, 0.717) is 16.9 Å². The molecule has 1 N–H and O–H groups in total. The molecule has 4 rings (SSSR count). The molecule has 0 bridgehead atoms. The highest BCUT2D eigenvalue weighted by molar-refractivity contribution is 5.81. The second-order valence-corrected chi connectivity index (χ2v) is 5.72. The normalized spacial score (nSPS) is 11.1. The summed E-state index contributed by atoms with van der Waals surface area (Å²) in [5.74, 6) is 0.368. The third-order valence-corrected chi connectivity index (χ3v) is 3.91. The first-order valence-electron chi connectivity index (χ1n) is 8.24. The number of aromatic nitrogens is 2. The first-order chi connectivity index (χ1) is 12.8. The van der Waals surface area contributed by atoms with Gasteiger partial charge in [0.05, 0.1) is 17.1 Å². The highest BCUT2D eigenvalue weighted by Crippen LogP contribution is 2.16. The predicted octanol–water partition coefficient (Wildman–Crippen LogP) is 4.02. The lowest BCUT2D eigenvalue weighted by Gasteiger charge is -2.11. The molecular weight excluding hydrogens is 324 g/mol. The third kappa shape index (κ3) is 3.23. The van der Waals surface area contributed by atoms with Gasteiger partial charge in [0.25, 0.3) is 5.56 Å². The average molecular weight is 340 g/mol. The van der Waals surface area contributed by atoms with Crippen LogP contribution in [-0.4, -0.2) is 15.9 Å². The Morgan fingerprint density at radius 2 is 1.50 bits per heavy atom. The van der Waals surface area contributed by atoms with Crippen LogP contribution in [-0.2, 0) is 0 Å². The van der Waals surface area contributed by atoms with Crippen LogP contribution in [0.2, 0.25) is 0 Å². The van der Waals surface area contributed by atoms with E-state index in [9.17, 15) is 4.79 Å². The van der Waals surface area contributed by atoms with Crippen LogP contribution in [0.4, 0.5) is 11.6 Å². The summed E-state index contributed by atoms with van der Waals surface area (Å²) < 4.78 is 1.29. The van der Waals surface area contributed by atoms with Crippen LogP contribution in [0.1, 0.15) is 5.56 Å². The molecule has 1 aromatic heterocycles. The second-order valence-electron chi connectivity index (χ2n) is 5.72. The number of anilines is 2. The number of hydrogen-bond donors (Lipinski definition) is 1. The van der Waals surface area contributed by atoms with Gasteiger partial charge in [-0.1, -0.05) is 60.7 Å². The van der Waals surface area contributed by atoms with Crippen molar-refractivity contribution in [2.24, 2.45) is 5.10 Å². The zero-order valence-corrected chi connectivity index (χ0v) is 13.9. The summed E-state index contributed by atoms with van der Waals surface area (Å²) in [5.41, 5.74) is 2.14. The minimum atomic E-state index is -0.221. The van der Waals surface area contributed by atoms with E-state index >= 15 is 0 Å². The standard InChI is InChI=1S/C21H16N4O/c26-20-18-13-7-8-14-19(18)24-21(23-17-11-5-2-6-12-17)25(20)22-15-16-9-3-1-4-10-16/h1-15H,(H,23,24)/b22-15+. The number of hydrogen-bond acceptors (Lipinski definition) is 4. The molecule has 3 aromatic carbocycles. The third-order valence-electron chi connectivity index (χ3n) is 3.91. The van der Waals surface area contributed by atoms with Crippen LogP contribution in [0, 0.1) is 0 Å². The van der Waals surface area contributed by atoms with E-state index in [1.165, 1.54) is 4.68 Å². The highest BCUT2D eigenvalue weighted by Gasteiger charge is 2.10. The monoisotopic (exact) mass is 340 g/mol. The molecule has 0 radical (unpaired) electrons. The van der Waals surface area contributed by atoms with Crippen LogP contribution < -0.4 is 10.9 Å². The summed E-state index contributed by atoms with van der Waals surface area (Å²) in [4.78, 5) is 17.5. The van der Waals surface area contributed by atoms with E-state index in [1.54, 1.807) is 12.3 Å². The molecule has 0 unspecified atom stereocenters. The van der Waals surface area contributed by atoms with Crippen LogP contribution in [0.5, 0.6) is 0 Å². The van der Waals surface area contributed by atoms with Gasteiger partial charge >= 0.3 is 0 Å². The SMILES string of the molecule is O=c1c2ccccc2nc(Nc2ccccc2)n1/N=C/c1ccccc1. The maximum absolute atomic E-state index is 12.9. The Hall–Kier alpha value is -3.73. The number of rotatable bonds is 4. The number of nitrogens with zero attached hydrogens (tertiary/aromatic N) is 3. The Bertz CT molecular complexity index is 1120.